The van der Waals surface area contributed by atoms with Crippen molar-refractivity contribution in [1.82, 2.24) is 10.2 Å². The number of amidine groups is 1. The third-order valence-corrected chi connectivity index (χ3v) is 5.40. The molecule has 1 aliphatic carbocycles. The summed E-state index contributed by atoms with van der Waals surface area (Å²) in [5.74, 6) is -0.383. The van der Waals surface area contributed by atoms with Gasteiger partial charge in [-0.2, -0.15) is 0 Å². The molecule has 1 saturated carbocycles. The highest BCUT2D eigenvalue weighted by atomic mass is 35.5. The molecule has 6 heteroatoms. The molecule has 4 nitrogen and oxygen atoms in total. The van der Waals surface area contributed by atoms with Gasteiger partial charge in [-0.05, 0) is 30.4 Å². The van der Waals surface area contributed by atoms with Crippen LogP contribution in [-0.2, 0) is 6.42 Å². The Hall–Kier alpha value is -1.62. The van der Waals surface area contributed by atoms with Crippen LogP contribution in [0.15, 0.2) is 18.2 Å². The van der Waals surface area contributed by atoms with Crippen molar-refractivity contribution in [1.29, 1.82) is 5.41 Å². The molecule has 0 unspecified atom stereocenters. The van der Waals surface area contributed by atoms with Gasteiger partial charge in [-0.15, -0.1) is 0 Å². The number of benzene rings is 1. The summed E-state index contributed by atoms with van der Waals surface area (Å²) in [7, 11) is 1.55. The first-order valence-corrected chi connectivity index (χ1v) is 9.24. The Balaban J connectivity index is 2.19. The molecule has 1 aromatic carbocycles. The molecule has 25 heavy (non-hydrogen) atoms. The number of urea groups is 1. The molecule has 2 amide bonds. The molecule has 0 heterocycles. The highest BCUT2D eigenvalue weighted by molar-refractivity contribution is 6.31. The van der Waals surface area contributed by atoms with E-state index >= 15 is 0 Å². The zero-order valence-corrected chi connectivity index (χ0v) is 15.8. The lowest BCUT2D eigenvalue weighted by Crippen LogP contribution is -2.48. The van der Waals surface area contributed by atoms with Crippen molar-refractivity contribution >= 4 is 23.5 Å². The summed E-state index contributed by atoms with van der Waals surface area (Å²) in [5.41, 5.74) is 0.239. The number of carbonyl (C=O) groups excluding carboxylic acids is 1. The first kappa shape index (κ1) is 19.7. The third kappa shape index (κ3) is 5.18. The van der Waals surface area contributed by atoms with E-state index in [1.165, 1.54) is 29.9 Å². The Labute approximate surface area is 154 Å². The molecule has 138 valence electrons. The van der Waals surface area contributed by atoms with Gasteiger partial charge in [-0.1, -0.05) is 50.3 Å². The van der Waals surface area contributed by atoms with Crippen LogP contribution in [0.1, 0.15) is 51.0 Å². The van der Waals surface area contributed by atoms with Crippen molar-refractivity contribution in [3.05, 3.63) is 34.6 Å². The fourth-order valence-electron chi connectivity index (χ4n) is 3.51. The van der Waals surface area contributed by atoms with Gasteiger partial charge in [0.05, 0.1) is 0 Å². The minimum absolute atomic E-state index is 0.00495. The van der Waals surface area contributed by atoms with Gasteiger partial charge in [0.2, 0.25) is 0 Å². The Bertz CT molecular complexity index is 607. The molecular formula is C19H27ClFN3O. The summed E-state index contributed by atoms with van der Waals surface area (Å²) in [6.45, 7) is 2.65. The standard InChI is InChI=1S/C19H27ClFN3O/c1-19(10-5-3-4-6-11-19)13-24(18(25)23-2)17(22)12-14-15(20)8-7-9-16(14)21/h7-9,22H,3-6,10-13H2,1-2H3,(H,23,25). The van der Waals surface area contributed by atoms with E-state index in [2.05, 4.69) is 12.2 Å². The first-order chi connectivity index (χ1) is 11.9. The molecule has 0 aromatic heterocycles. The van der Waals surface area contributed by atoms with Crippen molar-refractivity contribution in [2.75, 3.05) is 13.6 Å². The van der Waals surface area contributed by atoms with Gasteiger partial charge in [-0.3, -0.25) is 10.3 Å². The van der Waals surface area contributed by atoms with E-state index in [4.69, 9.17) is 17.0 Å². The molecule has 1 aliphatic rings. The zero-order valence-electron chi connectivity index (χ0n) is 15.0. The van der Waals surface area contributed by atoms with E-state index < -0.39 is 5.82 Å². The van der Waals surface area contributed by atoms with Gasteiger partial charge in [-0.25, -0.2) is 9.18 Å². The lowest BCUT2D eigenvalue weighted by atomic mass is 9.82. The average Bonchev–Trinajstić information content (AvgIpc) is 2.80. The largest absolute Gasteiger partial charge is 0.341 e. The van der Waals surface area contributed by atoms with Crippen LogP contribution in [-0.4, -0.2) is 30.4 Å². The van der Waals surface area contributed by atoms with E-state index in [0.29, 0.717) is 6.54 Å². The summed E-state index contributed by atoms with van der Waals surface area (Å²) >= 11 is 6.08. The minimum Gasteiger partial charge on any atom is -0.341 e. The number of nitrogens with zero attached hydrogens (tertiary/aromatic N) is 1. The predicted octanol–water partition coefficient (Wildman–Crippen LogP) is 5.00. The van der Waals surface area contributed by atoms with E-state index in [1.54, 1.807) is 13.1 Å². The highest BCUT2D eigenvalue weighted by Crippen LogP contribution is 2.35. The molecular weight excluding hydrogens is 341 g/mol. The van der Waals surface area contributed by atoms with Gasteiger partial charge in [0, 0.05) is 30.6 Å². The maximum absolute atomic E-state index is 14.0. The first-order valence-electron chi connectivity index (χ1n) is 8.86. The van der Waals surface area contributed by atoms with Crippen LogP contribution in [0.4, 0.5) is 9.18 Å². The fourth-order valence-corrected chi connectivity index (χ4v) is 3.74. The molecule has 1 fully saturated rings. The maximum atomic E-state index is 14.0. The smallest absolute Gasteiger partial charge is 0.322 e. The second-order valence-electron chi connectivity index (χ2n) is 7.19. The van der Waals surface area contributed by atoms with Crippen molar-refractivity contribution in [2.45, 2.75) is 51.9 Å². The highest BCUT2D eigenvalue weighted by Gasteiger charge is 2.32. The van der Waals surface area contributed by atoms with Crippen LogP contribution in [0.5, 0.6) is 0 Å². The van der Waals surface area contributed by atoms with Crippen LogP contribution in [0, 0.1) is 16.6 Å². The molecule has 0 spiro atoms. The quantitative estimate of drug-likeness (QED) is 0.439. The molecule has 0 aliphatic heterocycles. The van der Waals surface area contributed by atoms with Crippen LogP contribution < -0.4 is 5.32 Å². The predicted molar refractivity (Wildman–Crippen MR) is 99.8 cm³/mol. The Morgan fingerprint density at radius 3 is 2.52 bits per heavy atom. The Morgan fingerprint density at radius 1 is 1.32 bits per heavy atom. The van der Waals surface area contributed by atoms with Gasteiger partial charge in [0.1, 0.15) is 11.7 Å². The number of carbonyl (C=O) groups is 1. The summed E-state index contributed by atoms with van der Waals surface area (Å²) in [6.07, 6.45) is 6.79. The third-order valence-electron chi connectivity index (χ3n) is 5.04. The molecule has 0 atom stereocenters. The van der Waals surface area contributed by atoms with E-state index in [0.717, 1.165) is 25.7 Å². The normalized spacial score (nSPS) is 16.8. The van der Waals surface area contributed by atoms with Crippen LogP contribution in [0.2, 0.25) is 5.02 Å². The van der Waals surface area contributed by atoms with E-state index in [1.807, 2.05) is 0 Å². The van der Waals surface area contributed by atoms with Crippen LogP contribution in [0.3, 0.4) is 0 Å². The summed E-state index contributed by atoms with van der Waals surface area (Å²) in [5, 5.41) is 11.3. The van der Waals surface area contributed by atoms with E-state index in [-0.39, 0.29) is 34.3 Å². The van der Waals surface area contributed by atoms with Crippen molar-refractivity contribution < 1.29 is 9.18 Å². The SMILES string of the molecule is CNC(=O)N(CC1(C)CCCCCC1)C(=N)Cc1c(F)cccc1Cl. The van der Waals surface area contributed by atoms with Crippen molar-refractivity contribution in [3.8, 4) is 0 Å². The van der Waals surface area contributed by atoms with Crippen LogP contribution >= 0.6 is 11.6 Å². The van der Waals surface area contributed by atoms with Gasteiger partial charge in [0.25, 0.3) is 0 Å². The second kappa shape index (κ2) is 8.65. The van der Waals surface area contributed by atoms with Crippen molar-refractivity contribution in [3.63, 3.8) is 0 Å². The number of amides is 2. The number of nitrogens with one attached hydrogen (secondary N) is 2. The lowest BCUT2D eigenvalue weighted by Gasteiger charge is -2.35. The molecule has 0 bridgehead atoms. The average molecular weight is 368 g/mol. The van der Waals surface area contributed by atoms with Crippen molar-refractivity contribution in [2.24, 2.45) is 5.41 Å². The molecule has 1 aromatic rings. The molecule has 0 radical (unpaired) electrons. The number of halogens is 2. The van der Waals surface area contributed by atoms with E-state index in [9.17, 15) is 9.18 Å². The number of rotatable bonds is 4. The summed E-state index contributed by atoms with van der Waals surface area (Å²) in [6, 6.07) is 4.13. The molecule has 0 saturated heterocycles. The summed E-state index contributed by atoms with van der Waals surface area (Å²) < 4.78 is 14.0. The number of hydrogen-bond donors (Lipinski definition) is 2. The minimum atomic E-state index is -0.449. The Kier molecular flexibility index (Phi) is 6.82. The molecule has 2 N–H and O–H groups in total. The molecule has 2 rings (SSSR count). The van der Waals surface area contributed by atoms with Gasteiger partial charge < -0.3 is 5.32 Å². The summed E-state index contributed by atoms with van der Waals surface area (Å²) in [4.78, 5) is 13.8. The number of hydrogen-bond acceptors (Lipinski definition) is 2. The van der Waals surface area contributed by atoms with Crippen LogP contribution in [0.25, 0.3) is 0 Å². The van der Waals surface area contributed by atoms with Gasteiger partial charge in [0.15, 0.2) is 0 Å². The zero-order chi connectivity index (χ0) is 18.4. The topological polar surface area (TPSA) is 56.2 Å². The monoisotopic (exact) mass is 367 g/mol. The maximum Gasteiger partial charge on any atom is 0.322 e. The Morgan fingerprint density at radius 2 is 1.96 bits per heavy atom. The van der Waals surface area contributed by atoms with Gasteiger partial charge >= 0.3 is 6.03 Å². The second-order valence-corrected chi connectivity index (χ2v) is 7.60. The fraction of sp³-hybridized carbons (Fsp3) is 0.579. The lowest BCUT2D eigenvalue weighted by molar-refractivity contribution is 0.184.